The summed E-state index contributed by atoms with van der Waals surface area (Å²) in [5, 5.41) is 2.92. The Morgan fingerprint density at radius 2 is 1.86 bits per heavy atom. The molecule has 0 saturated carbocycles. The smallest absolute Gasteiger partial charge is 0.246 e. The molecule has 2 rings (SSSR count). The summed E-state index contributed by atoms with van der Waals surface area (Å²) >= 11 is 0. The molecule has 0 spiro atoms. The summed E-state index contributed by atoms with van der Waals surface area (Å²) in [6.45, 7) is 2.42. The lowest BCUT2D eigenvalue weighted by Gasteiger charge is -2.06. The number of aromatic nitrogens is 1. The van der Waals surface area contributed by atoms with Crippen molar-refractivity contribution >= 4 is 12.0 Å². The van der Waals surface area contributed by atoms with E-state index in [1.165, 1.54) is 0 Å². The SMILES string of the molecule is COc1ccc(/C=C(/C)C(=O)NCCc2ccncc2)cc1. The van der Waals surface area contributed by atoms with Gasteiger partial charge in [-0.3, -0.25) is 9.78 Å². The van der Waals surface area contributed by atoms with Crippen LogP contribution < -0.4 is 10.1 Å². The fourth-order valence-corrected chi connectivity index (χ4v) is 2.02. The highest BCUT2D eigenvalue weighted by Gasteiger charge is 2.04. The van der Waals surface area contributed by atoms with Crippen LogP contribution in [0.4, 0.5) is 0 Å². The van der Waals surface area contributed by atoms with E-state index in [9.17, 15) is 4.79 Å². The number of methoxy groups -OCH3 is 1. The molecule has 0 unspecified atom stereocenters. The minimum absolute atomic E-state index is 0.0510. The van der Waals surface area contributed by atoms with Crippen LogP contribution in [0.5, 0.6) is 5.75 Å². The molecule has 1 aromatic heterocycles. The molecule has 0 aliphatic carbocycles. The Morgan fingerprint density at radius 3 is 2.50 bits per heavy atom. The van der Waals surface area contributed by atoms with E-state index in [4.69, 9.17) is 4.74 Å². The first-order valence-electron chi connectivity index (χ1n) is 7.18. The van der Waals surface area contributed by atoms with Gasteiger partial charge in [0, 0.05) is 24.5 Å². The van der Waals surface area contributed by atoms with Crippen LogP contribution in [-0.2, 0) is 11.2 Å². The number of pyridine rings is 1. The van der Waals surface area contributed by atoms with Crippen molar-refractivity contribution in [2.75, 3.05) is 13.7 Å². The number of hydrogen-bond donors (Lipinski definition) is 1. The summed E-state index contributed by atoms with van der Waals surface area (Å²) in [5.74, 6) is 0.751. The second-order valence-electron chi connectivity index (χ2n) is 4.96. The van der Waals surface area contributed by atoms with Crippen LogP contribution in [-0.4, -0.2) is 24.5 Å². The molecular formula is C18H20N2O2. The fraction of sp³-hybridized carbons (Fsp3) is 0.222. The summed E-state index contributed by atoms with van der Waals surface area (Å²) in [6, 6.07) is 11.5. The molecule has 0 fully saturated rings. The summed E-state index contributed by atoms with van der Waals surface area (Å²) in [6.07, 6.45) is 6.17. The monoisotopic (exact) mass is 296 g/mol. The van der Waals surface area contributed by atoms with Gasteiger partial charge in [-0.1, -0.05) is 12.1 Å². The standard InChI is InChI=1S/C18H20N2O2/c1-14(13-16-3-5-17(22-2)6-4-16)18(21)20-12-9-15-7-10-19-11-8-15/h3-8,10-11,13H,9,12H2,1-2H3,(H,20,21)/b14-13-. The van der Waals surface area contributed by atoms with Gasteiger partial charge in [0.1, 0.15) is 5.75 Å². The molecule has 22 heavy (non-hydrogen) atoms. The van der Waals surface area contributed by atoms with E-state index in [0.29, 0.717) is 12.1 Å². The Hall–Kier alpha value is -2.62. The Labute approximate surface area is 130 Å². The number of nitrogens with zero attached hydrogens (tertiary/aromatic N) is 1. The Morgan fingerprint density at radius 1 is 1.18 bits per heavy atom. The minimum atomic E-state index is -0.0510. The number of hydrogen-bond acceptors (Lipinski definition) is 3. The average molecular weight is 296 g/mol. The molecule has 0 aliphatic heterocycles. The van der Waals surface area contributed by atoms with Crippen LogP contribution in [0.25, 0.3) is 6.08 Å². The second kappa shape index (κ2) is 7.98. The molecule has 0 bridgehead atoms. The van der Waals surface area contributed by atoms with Crippen LogP contribution >= 0.6 is 0 Å². The summed E-state index contributed by atoms with van der Waals surface area (Å²) in [5.41, 5.74) is 2.81. The molecule has 0 aliphatic rings. The molecule has 1 amide bonds. The zero-order valence-electron chi connectivity index (χ0n) is 12.9. The zero-order valence-corrected chi connectivity index (χ0v) is 12.9. The quantitative estimate of drug-likeness (QED) is 0.834. The number of rotatable bonds is 6. The van der Waals surface area contributed by atoms with E-state index in [2.05, 4.69) is 10.3 Å². The van der Waals surface area contributed by atoms with Crippen molar-refractivity contribution < 1.29 is 9.53 Å². The molecule has 1 aromatic carbocycles. The third-order valence-electron chi connectivity index (χ3n) is 3.31. The lowest BCUT2D eigenvalue weighted by atomic mass is 10.1. The van der Waals surface area contributed by atoms with Crippen molar-refractivity contribution in [1.29, 1.82) is 0 Å². The largest absolute Gasteiger partial charge is 0.497 e. The van der Waals surface area contributed by atoms with Crippen molar-refractivity contribution in [3.8, 4) is 5.75 Å². The predicted octanol–water partition coefficient (Wildman–Crippen LogP) is 2.85. The molecule has 1 heterocycles. The number of amides is 1. The van der Waals surface area contributed by atoms with E-state index in [0.717, 1.165) is 23.3 Å². The molecule has 4 nitrogen and oxygen atoms in total. The normalized spacial score (nSPS) is 11.1. The lowest BCUT2D eigenvalue weighted by molar-refractivity contribution is -0.117. The van der Waals surface area contributed by atoms with Crippen molar-refractivity contribution in [3.63, 3.8) is 0 Å². The van der Waals surface area contributed by atoms with Crippen LogP contribution in [0.3, 0.4) is 0 Å². The fourth-order valence-electron chi connectivity index (χ4n) is 2.02. The number of carbonyl (C=O) groups is 1. The molecule has 0 saturated heterocycles. The van der Waals surface area contributed by atoms with E-state index >= 15 is 0 Å². The first-order chi connectivity index (χ1) is 10.7. The van der Waals surface area contributed by atoms with E-state index in [-0.39, 0.29) is 5.91 Å². The van der Waals surface area contributed by atoms with Crippen molar-refractivity contribution in [2.45, 2.75) is 13.3 Å². The third-order valence-corrected chi connectivity index (χ3v) is 3.31. The van der Waals surface area contributed by atoms with Crippen LogP contribution in [0.2, 0.25) is 0 Å². The third kappa shape index (κ3) is 4.74. The van der Waals surface area contributed by atoms with E-state index in [1.54, 1.807) is 19.5 Å². The lowest BCUT2D eigenvalue weighted by Crippen LogP contribution is -2.26. The Balaban J connectivity index is 1.86. The predicted molar refractivity (Wildman–Crippen MR) is 87.6 cm³/mol. The summed E-state index contributed by atoms with van der Waals surface area (Å²) < 4.78 is 5.11. The zero-order chi connectivity index (χ0) is 15.8. The number of carbonyl (C=O) groups excluding carboxylic acids is 1. The van der Waals surface area contributed by atoms with Crippen LogP contribution in [0, 0.1) is 0 Å². The maximum atomic E-state index is 12.0. The van der Waals surface area contributed by atoms with Gasteiger partial charge < -0.3 is 10.1 Å². The molecule has 0 radical (unpaired) electrons. The maximum absolute atomic E-state index is 12.0. The number of nitrogens with one attached hydrogen (secondary N) is 1. The topological polar surface area (TPSA) is 51.2 Å². The first-order valence-corrected chi connectivity index (χ1v) is 7.18. The maximum Gasteiger partial charge on any atom is 0.246 e. The average Bonchev–Trinajstić information content (AvgIpc) is 2.56. The van der Waals surface area contributed by atoms with E-state index < -0.39 is 0 Å². The van der Waals surface area contributed by atoms with Gasteiger partial charge in [-0.2, -0.15) is 0 Å². The van der Waals surface area contributed by atoms with Gasteiger partial charge in [0.2, 0.25) is 5.91 Å². The molecular weight excluding hydrogens is 276 g/mol. The van der Waals surface area contributed by atoms with Gasteiger partial charge >= 0.3 is 0 Å². The first kappa shape index (κ1) is 15.8. The van der Waals surface area contributed by atoms with Gasteiger partial charge in [0.25, 0.3) is 0 Å². The highest BCUT2D eigenvalue weighted by Crippen LogP contribution is 2.13. The van der Waals surface area contributed by atoms with Crippen LogP contribution in [0.1, 0.15) is 18.1 Å². The Kier molecular flexibility index (Phi) is 5.72. The van der Waals surface area contributed by atoms with Gasteiger partial charge in [0.15, 0.2) is 0 Å². The van der Waals surface area contributed by atoms with Gasteiger partial charge in [0.05, 0.1) is 7.11 Å². The number of ether oxygens (including phenoxy) is 1. The van der Waals surface area contributed by atoms with Gasteiger partial charge in [-0.15, -0.1) is 0 Å². The van der Waals surface area contributed by atoms with Crippen molar-refractivity contribution in [3.05, 3.63) is 65.5 Å². The second-order valence-corrected chi connectivity index (χ2v) is 4.96. The van der Waals surface area contributed by atoms with Crippen molar-refractivity contribution in [2.24, 2.45) is 0 Å². The van der Waals surface area contributed by atoms with Gasteiger partial charge in [-0.25, -0.2) is 0 Å². The van der Waals surface area contributed by atoms with Gasteiger partial charge in [-0.05, 0) is 54.8 Å². The molecule has 114 valence electrons. The summed E-state index contributed by atoms with van der Waals surface area (Å²) in [7, 11) is 1.63. The highest BCUT2D eigenvalue weighted by atomic mass is 16.5. The molecule has 1 N–H and O–H groups in total. The number of benzene rings is 1. The molecule has 4 heteroatoms. The summed E-state index contributed by atoms with van der Waals surface area (Å²) in [4.78, 5) is 16.0. The minimum Gasteiger partial charge on any atom is -0.497 e. The van der Waals surface area contributed by atoms with Crippen molar-refractivity contribution in [1.82, 2.24) is 10.3 Å². The van der Waals surface area contributed by atoms with E-state index in [1.807, 2.05) is 49.4 Å². The highest BCUT2D eigenvalue weighted by molar-refractivity contribution is 5.97. The molecule has 0 atom stereocenters. The Bertz CT molecular complexity index is 634. The van der Waals surface area contributed by atoms with Crippen LogP contribution in [0.15, 0.2) is 54.4 Å². The molecule has 2 aromatic rings.